The number of hydrogen-bond donors (Lipinski definition) is 2. The van der Waals surface area contributed by atoms with Crippen LogP contribution in [-0.2, 0) is 29.1 Å². The smallest absolute Gasteiger partial charge is 0.303 e. The maximum Gasteiger partial charge on any atom is 0.303 e. The molecule has 0 radical (unpaired) electrons. The number of carboxylic acid groups (broad SMARTS) is 1. The van der Waals surface area contributed by atoms with Crippen molar-refractivity contribution in [3.05, 3.63) is 47.3 Å². The average molecular weight is 373 g/mol. The standard InChI is InChI=1S/C19H23N3O5/c1-27-16-6-3-13(4-7-16)18(25)19(26)21-9-2-10-22-15(12-21)11-14(20-22)5-8-17(23)24/h3-4,6-7,11,18,25H,2,5,8-10,12H2,1H3,(H,23,24). The van der Waals surface area contributed by atoms with E-state index in [0.29, 0.717) is 49.5 Å². The SMILES string of the molecule is COc1ccc(C(O)C(=O)N2CCCn3nc(CCC(=O)O)cc3C2)cc1. The van der Waals surface area contributed by atoms with Gasteiger partial charge in [0.25, 0.3) is 5.91 Å². The predicted molar refractivity (Wildman–Crippen MR) is 96.2 cm³/mol. The Kier molecular flexibility index (Phi) is 5.75. The van der Waals surface area contributed by atoms with Crippen LogP contribution in [0, 0.1) is 0 Å². The van der Waals surface area contributed by atoms with E-state index in [1.807, 2.05) is 10.7 Å². The highest BCUT2D eigenvalue weighted by molar-refractivity contribution is 5.82. The fraction of sp³-hybridized carbons (Fsp3) is 0.421. The molecule has 0 fully saturated rings. The van der Waals surface area contributed by atoms with Crippen molar-refractivity contribution in [1.29, 1.82) is 0 Å². The lowest BCUT2D eigenvalue weighted by atomic mass is 10.1. The molecule has 1 aliphatic heterocycles. The molecule has 1 amide bonds. The van der Waals surface area contributed by atoms with Crippen LogP contribution in [0.25, 0.3) is 0 Å². The highest BCUT2D eigenvalue weighted by atomic mass is 16.5. The first-order valence-corrected chi connectivity index (χ1v) is 8.86. The molecular formula is C19H23N3O5. The van der Waals surface area contributed by atoms with Gasteiger partial charge in [-0.15, -0.1) is 0 Å². The third-order valence-electron chi connectivity index (χ3n) is 4.64. The van der Waals surface area contributed by atoms with Gasteiger partial charge in [-0.25, -0.2) is 0 Å². The van der Waals surface area contributed by atoms with Crippen molar-refractivity contribution in [3.63, 3.8) is 0 Å². The summed E-state index contributed by atoms with van der Waals surface area (Å²) in [5.74, 6) is -0.564. The molecule has 1 atom stereocenters. The monoisotopic (exact) mass is 373 g/mol. The molecule has 0 saturated carbocycles. The van der Waals surface area contributed by atoms with Crippen LogP contribution >= 0.6 is 0 Å². The molecule has 1 aromatic heterocycles. The van der Waals surface area contributed by atoms with Gasteiger partial charge in [0, 0.05) is 19.5 Å². The maximum absolute atomic E-state index is 12.8. The fourth-order valence-electron chi connectivity index (χ4n) is 3.17. The van der Waals surface area contributed by atoms with Gasteiger partial charge in [-0.1, -0.05) is 12.1 Å². The number of hydrogen-bond acceptors (Lipinski definition) is 5. The first-order chi connectivity index (χ1) is 13.0. The summed E-state index contributed by atoms with van der Waals surface area (Å²) >= 11 is 0. The van der Waals surface area contributed by atoms with E-state index >= 15 is 0 Å². The van der Waals surface area contributed by atoms with E-state index in [1.54, 1.807) is 36.3 Å². The van der Waals surface area contributed by atoms with Gasteiger partial charge in [-0.3, -0.25) is 14.3 Å². The van der Waals surface area contributed by atoms with Crippen LogP contribution in [0.5, 0.6) is 5.75 Å². The summed E-state index contributed by atoms with van der Waals surface area (Å²) in [6, 6.07) is 8.60. The number of ether oxygens (including phenoxy) is 1. The van der Waals surface area contributed by atoms with E-state index in [0.717, 1.165) is 5.69 Å². The Hall–Kier alpha value is -2.87. The number of amides is 1. The van der Waals surface area contributed by atoms with E-state index in [-0.39, 0.29) is 12.3 Å². The average Bonchev–Trinajstić information content (AvgIpc) is 2.95. The van der Waals surface area contributed by atoms with E-state index in [1.165, 1.54) is 0 Å². The van der Waals surface area contributed by atoms with Gasteiger partial charge >= 0.3 is 5.97 Å². The number of aliphatic carboxylic acids is 1. The highest BCUT2D eigenvalue weighted by Crippen LogP contribution is 2.22. The third-order valence-corrected chi connectivity index (χ3v) is 4.64. The van der Waals surface area contributed by atoms with Crippen molar-refractivity contribution in [2.75, 3.05) is 13.7 Å². The van der Waals surface area contributed by atoms with E-state index in [4.69, 9.17) is 9.84 Å². The molecule has 2 N–H and O–H groups in total. The summed E-state index contributed by atoms with van der Waals surface area (Å²) in [6.07, 6.45) is -0.141. The quantitative estimate of drug-likeness (QED) is 0.793. The second-order valence-corrected chi connectivity index (χ2v) is 6.53. The summed E-state index contributed by atoms with van der Waals surface area (Å²) in [6.45, 7) is 1.52. The molecule has 1 aromatic carbocycles. The number of aliphatic hydroxyl groups excluding tert-OH is 1. The normalized spacial score (nSPS) is 15.0. The van der Waals surface area contributed by atoms with Gasteiger partial charge in [0.15, 0.2) is 6.10 Å². The number of carboxylic acids is 1. The summed E-state index contributed by atoms with van der Waals surface area (Å²) in [7, 11) is 1.56. The van der Waals surface area contributed by atoms with Crippen LogP contribution in [0.1, 0.15) is 35.9 Å². The zero-order valence-electron chi connectivity index (χ0n) is 15.2. The number of benzene rings is 1. The lowest BCUT2D eigenvalue weighted by Crippen LogP contribution is -2.34. The number of aliphatic hydroxyl groups is 1. The first kappa shape index (κ1) is 18.9. The summed E-state index contributed by atoms with van der Waals surface area (Å²) in [5.41, 5.74) is 2.07. The van der Waals surface area contributed by atoms with Crippen molar-refractivity contribution in [2.45, 2.75) is 38.5 Å². The molecule has 0 saturated heterocycles. The Labute approximate surface area is 157 Å². The van der Waals surface area contributed by atoms with Gasteiger partial charge < -0.3 is 19.8 Å². The zero-order valence-corrected chi connectivity index (χ0v) is 15.2. The Morgan fingerprint density at radius 2 is 2.00 bits per heavy atom. The molecule has 1 aliphatic rings. The number of methoxy groups -OCH3 is 1. The Morgan fingerprint density at radius 1 is 1.26 bits per heavy atom. The van der Waals surface area contributed by atoms with Gasteiger partial charge in [0.2, 0.25) is 0 Å². The van der Waals surface area contributed by atoms with Crippen LogP contribution in [0.2, 0.25) is 0 Å². The van der Waals surface area contributed by atoms with Gasteiger partial charge in [-0.2, -0.15) is 5.10 Å². The molecule has 8 nitrogen and oxygen atoms in total. The molecule has 2 heterocycles. The molecule has 27 heavy (non-hydrogen) atoms. The van der Waals surface area contributed by atoms with Gasteiger partial charge in [-0.05, 0) is 30.2 Å². The fourth-order valence-corrected chi connectivity index (χ4v) is 3.17. The van der Waals surface area contributed by atoms with Crippen LogP contribution in [0.4, 0.5) is 0 Å². The van der Waals surface area contributed by atoms with Crippen LogP contribution < -0.4 is 4.74 Å². The number of aromatic nitrogens is 2. The number of fused-ring (bicyclic) bond motifs is 1. The molecule has 0 spiro atoms. The predicted octanol–water partition coefficient (Wildman–Crippen LogP) is 1.37. The molecular weight excluding hydrogens is 350 g/mol. The number of carbonyl (C=O) groups is 2. The van der Waals surface area contributed by atoms with E-state index in [2.05, 4.69) is 5.10 Å². The van der Waals surface area contributed by atoms with Crippen LogP contribution in [-0.4, -0.2) is 50.4 Å². The topological polar surface area (TPSA) is 105 Å². The highest BCUT2D eigenvalue weighted by Gasteiger charge is 2.26. The van der Waals surface area contributed by atoms with Gasteiger partial charge in [0.1, 0.15) is 5.75 Å². The maximum atomic E-state index is 12.8. The lowest BCUT2D eigenvalue weighted by molar-refractivity contribution is -0.141. The summed E-state index contributed by atoms with van der Waals surface area (Å²) in [5, 5.41) is 23.7. The molecule has 2 aromatic rings. The first-order valence-electron chi connectivity index (χ1n) is 8.86. The molecule has 8 heteroatoms. The zero-order chi connectivity index (χ0) is 19.4. The number of rotatable bonds is 6. The van der Waals surface area contributed by atoms with E-state index in [9.17, 15) is 14.7 Å². The summed E-state index contributed by atoms with van der Waals surface area (Å²) < 4.78 is 6.92. The largest absolute Gasteiger partial charge is 0.497 e. The number of nitrogens with zero attached hydrogens (tertiary/aromatic N) is 3. The Morgan fingerprint density at radius 3 is 2.67 bits per heavy atom. The van der Waals surface area contributed by atoms with Crippen molar-refractivity contribution < 1.29 is 24.5 Å². The Balaban J connectivity index is 1.71. The number of aryl methyl sites for hydroxylation is 2. The molecule has 1 unspecified atom stereocenters. The minimum Gasteiger partial charge on any atom is -0.497 e. The molecule has 0 aliphatic carbocycles. The minimum absolute atomic E-state index is 0.0231. The van der Waals surface area contributed by atoms with Crippen LogP contribution in [0.3, 0.4) is 0 Å². The molecule has 0 bridgehead atoms. The van der Waals surface area contributed by atoms with E-state index < -0.39 is 12.1 Å². The third kappa shape index (κ3) is 4.46. The van der Waals surface area contributed by atoms with Crippen LogP contribution in [0.15, 0.2) is 30.3 Å². The second kappa shape index (κ2) is 8.22. The van der Waals surface area contributed by atoms with Crippen molar-refractivity contribution >= 4 is 11.9 Å². The minimum atomic E-state index is -1.24. The second-order valence-electron chi connectivity index (χ2n) is 6.53. The van der Waals surface area contributed by atoms with Crippen molar-refractivity contribution in [2.24, 2.45) is 0 Å². The van der Waals surface area contributed by atoms with Gasteiger partial charge in [0.05, 0.1) is 31.5 Å². The van der Waals surface area contributed by atoms with Crippen molar-refractivity contribution in [3.8, 4) is 5.75 Å². The molecule has 144 valence electrons. The number of carbonyl (C=O) groups excluding carboxylic acids is 1. The van der Waals surface area contributed by atoms with Crippen molar-refractivity contribution in [1.82, 2.24) is 14.7 Å². The Bertz CT molecular complexity index is 815. The lowest BCUT2D eigenvalue weighted by Gasteiger charge is -2.23. The summed E-state index contributed by atoms with van der Waals surface area (Å²) in [4.78, 5) is 25.1. The molecule has 3 rings (SSSR count).